The number of anilines is 2. The maximum atomic E-state index is 13.8. The fraction of sp³-hybridized carbons (Fsp3) is 0.529. The van der Waals surface area contributed by atoms with Crippen LogP contribution in [0.15, 0.2) is 18.2 Å². The summed E-state index contributed by atoms with van der Waals surface area (Å²) in [5.74, 6) is -0.788. The summed E-state index contributed by atoms with van der Waals surface area (Å²) in [6.45, 7) is 7.44. The highest BCUT2D eigenvalue weighted by Gasteiger charge is 2.30. The largest absolute Gasteiger partial charge is 0.374 e. The van der Waals surface area contributed by atoms with Crippen molar-refractivity contribution < 1.29 is 14.0 Å². The lowest BCUT2D eigenvalue weighted by Gasteiger charge is -2.24. The third-order valence-electron chi connectivity index (χ3n) is 3.45. The first-order valence-corrected chi connectivity index (χ1v) is 7.85. The molecular weight excluding hydrogens is 297 g/mol. The van der Waals surface area contributed by atoms with E-state index in [-0.39, 0.29) is 29.0 Å². The van der Waals surface area contributed by atoms with Gasteiger partial charge in [0.2, 0.25) is 11.8 Å². The molecule has 23 heavy (non-hydrogen) atoms. The molecule has 1 atom stereocenters. The Morgan fingerprint density at radius 2 is 1.91 bits per heavy atom. The van der Waals surface area contributed by atoms with Crippen LogP contribution in [0.5, 0.6) is 0 Å². The Morgan fingerprint density at radius 1 is 1.26 bits per heavy atom. The van der Waals surface area contributed by atoms with Crippen LogP contribution in [0.2, 0.25) is 0 Å². The standard InChI is InChI=1S/C17H24FN3O2/c1-10(15(22)21-17(2,3)4)19-12-7-8-13(18)14(9-12)20-16(23)11-5-6-11/h7-11,19H,5-6H2,1-4H3,(H,20,23)(H,21,22)/t10-/m1/s1. The fourth-order valence-electron chi connectivity index (χ4n) is 2.08. The number of carbonyl (C=O) groups is 2. The zero-order valence-corrected chi connectivity index (χ0v) is 14.0. The molecule has 6 heteroatoms. The predicted molar refractivity (Wildman–Crippen MR) is 88.7 cm³/mol. The number of halogens is 1. The van der Waals surface area contributed by atoms with Crippen LogP contribution in [-0.4, -0.2) is 23.4 Å². The zero-order valence-electron chi connectivity index (χ0n) is 14.0. The minimum Gasteiger partial charge on any atom is -0.374 e. The summed E-state index contributed by atoms with van der Waals surface area (Å²) < 4.78 is 13.8. The summed E-state index contributed by atoms with van der Waals surface area (Å²) in [4.78, 5) is 23.8. The van der Waals surface area contributed by atoms with E-state index in [0.29, 0.717) is 5.69 Å². The molecule has 1 aromatic carbocycles. The monoisotopic (exact) mass is 321 g/mol. The molecule has 1 saturated carbocycles. The van der Waals surface area contributed by atoms with Crippen LogP contribution in [0.1, 0.15) is 40.5 Å². The SMILES string of the molecule is C[C@@H](Nc1ccc(F)c(NC(=O)C2CC2)c1)C(=O)NC(C)(C)C. The van der Waals surface area contributed by atoms with Crippen LogP contribution in [0.25, 0.3) is 0 Å². The molecule has 2 rings (SSSR count). The second kappa shape index (κ2) is 6.56. The van der Waals surface area contributed by atoms with E-state index in [9.17, 15) is 14.0 Å². The average Bonchev–Trinajstić information content (AvgIpc) is 3.25. The highest BCUT2D eigenvalue weighted by Crippen LogP contribution is 2.31. The average molecular weight is 321 g/mol. The van der Waals surface area contributed by atoms with Crippen molar-refractivity contribution in [2.45, 2.75) is 52.1 Å². The number of rotatable bonds is 5. The van der Waals surface area contributed by atoms with Crippen LogP contribution in [0.4, 0.5) is 15.8 Å². The van der Waals surface area contributed by atoms with Crippen LogP contribution in [0, 0.1) is 11.7 Å². The van der Waals surface area contributed by atoms with Crippen molar-refractivity contribution in [3.8, 4) is 0 Å². The van der Waals surface area contributed by atoms with Crippen molar-refractivity contribution in [2.24, 2.45) is 5.92 Å². The Kier molecular flexibility index (Phi) is 4.92. The molecule has 0 aliphatic heterocycles. The van der Waals surface area contributed by atoms with E-state index in [1.165, 1.54) is 12.1 Å². The van der Waals surface area contributed by atoms with Gasteiger partial charge in [-0.2, -0.15) is 0 Å². The van der Waals surface area contributed by atoms with Gasteiger partial charge in [-0.3, -0.25) is 9.59 Å². The number of carbonyl (C=O) groups excluding carboxylic acids is 2. The van der Waals surface area contributed by atoms with Crippen molar-refractivity contribution in [1.29, 1.82) is 0 Å². The highest BCUT2D eigenvalue weighted by molar-refractivity contribution is 5.94. The highest BCUT2D eigenvalue weighted by atomic mass is 19.1. The van der Waals surface area contributed by atoms with E-state index < -0.39 is 11.9 Å². The molecule has 5 nitrogen and oxygen atoms in total. The third kappa shape index (κ3) is 5.23. The molecule has 1 aromatic rings. The van der Waals surface area contributed by atoms with Gasteiger partial charge in [0.25, 0.3) is 0 Å². The molecule has 0 unspecified atom stereocenters. The number of hydrogen-bond acceptors (Lipinski definition) is 3. The summed E-state index contributed by atoms with van der Waals surface area (Å²) in [7, 11) is 0. The summed E-state index contributed by atoms with van der Waals surface area (Å²) >= 11 is 0. The summed E-state index contributed by atoms with van der Waals surface area (Å²) in [5, 5.41) is 8.49. The molecule has 1 aliphatic rings. The summed E-state index contributed by atoms with van der Waals surface area (Å²) in [6, 6.07) is 3.85. The first-order chi connectivity index (χ1) is 10.7. The van der Waals surface area contributed by atoms with E-state index in [2.05, 4.69) is 16.0 Å². The van der Waals surface area contributed by atoms with E-state index >= 15 is 0 Å². The van der Waals surface area contributed by atoms with Gasteiger partial charge in [-0.15, -0.1) is 0 Å². The molecule has 0 bridgehead atoms. The molecule has 0 spiro atoms. The van der Waals surface area contributed by atoms with E-state index in [1.54, 1.807) is 13.0 Å². The van der Waals surface area contributed by atoms with Crippen LogP contribution in [0.3, 0.4) is 0 Å². The van der Waals surface area contributed by atoms with Crippen LogP contribution >= 0.6 is 0 Å². The minimum absolute atomic E-state index is 0.00232. The topological polar surface area (TPSA) is 70.2 Å². The Hall–Kier alpha value is -2.11. The van der Waals surface area contributed by atoms with Gasteiger partial charge in [-0.05, 0) is 58.7 Å². The number of benzene rings is 1. The van der Waals surface area contributed by atoms with Gasteiger partial charge in [0, 0.05) is 17.1 Å². The van der Waals surface area contributed by atoms with E-state index in [0.717, 1.165) is 12.8 Å². The first-order valence-electron chi connectivity index (χ1n) is 7.85. The second-order valence-electron chi connectivity index (χ2n) is 7.06. The zero-order chi connectivity index (χ0) is 17.2. The van der Waals surface area contributed by atoms with Gasteiger partial charge in [-0.25, -0.2) is 4.39 Å². The number of hydrogen-bond donors (Lipinski definition) is 3. The molecule has 3 N–H and O–H groups in total. The summed E-state index contributed by atoms with van der Waals surface area (Å²) in [6.07, 6.45) is 1.71. The predicted octanol–water partition coefficient (Wildman–Crippen LogP) is 2.89. The summed E-state index contributed by atoms with van der Waals surface area (Å²) in [5.41, 5.74) is 0.392. The second-order valence-corrected chi connectivity index (χ2v) is 7.06. The molecule has 126 valence electrons. The Labute approximate surface area is 136 Å². The van der Waals surface area contributed by atoms with Gasteiger partial charge in [0.15, 0.2) is 0 Å². The Morgan fingerprint density at radius 3 is 2.48 bits per heavy atom. The smallest absolute Gasteiger partial charge is 0.242 e. The van der Waals surface area contributed by atoms with E-state index in [4.69, 9.17) is 0 Å². The lowest BCUT2D eigenvalue weighted by atomic mass is 10.1. The maximum absolute atomic E-state index is 13.8. The lowest BCUT2D eigenvalue weighted by Crippen LogP contribution is -2.47. The molecule has 0 saturated heterocycles. The normalized spacial score (nSPS) is 15.7. The number of amides is 2. The fourth-order valence-corrected chi connectivity index (χ4v) is 2.08. The molecule has 0 heterocycles. The van der Waals surface area contributed by atoms with Gasteiger partial charge in [0.05, 0.1) is 5.69 Å². The lowest BCUT2D eigenvalue weighted by molar-refractivity contribution is -0.123. The number of nitrogens with one attached hydrogen (secondary N) is 3. The molecule has 0 radical (unpaired) electrons. The van der Waals surface area contributed by atoms with Crippen molar-refractivity contribution >= 4 is 23.2 Å². The van der Waals surface area contributed by atoms with Gasteiger partial charge >= 0.3 is 0 Å². The van der Waals surface area contributed by atoms with Gasteiger partial charge in [-0.1, -0.05) is 0 Å². The maximum Gasteiger partial charge on any atom is 0.242 e. The Balaban J connectivity index is 2.02. The molecular formula is C17H24FN3O2. The van der Waals surface area contributed by atoms with Crippen molar-refractivity contribution in [3.05, 3.63) is 24.0 Å². The molecule has 1 aliphatic carbocycles. The quantitative estimate of drug-likeness (QED) is 0.781. The molecule has 0 aromatic heterocycles. The van der Waals surface area contributed by atoms with Crippen molar-refractivity contribution in [3.63, 3.8) is 0 Å². The molecule has 2 amide bonds. The molecule has 1 fully saturated rings. The van der Waals surface area contributed by atoms with Gasteiger partial charge in [0.1, 0.15) is 11.9 Å². The third-order valence-corrected chi connectivity index (χ3v) is 3.45. The van der Waals surface area contributed by atoms with Crippen LogP contribution < -0.4 is 16.0 Å². The van der Waals surface area contributed by atoms with Crippen molar-refractivity contribution in [2.75, 3.05) is 10.6 Å². The van der Waals surface area contributed by atoms with Crippen molar-refractivity contribution in [1.82, 2.24) is 5.32 Å². The van der Waals surface area contributed by atoms with E-state index in [1.807, 2.05) is 20.8 Å². The Bertz CT molecular complexity index is 606. The van der Waals surface area contributed by atoms with Gasteiger partial charge < -0.3 is 16.0 Å². The minimum atomic E-state index is -0.489. The first kappa shape index (κ1) is 17.2. The van der Waals surface area contributed by atoms with Crippen LogP contribution in [-0.2, 0) is 9.59 Å².